The Morgan fingerprint density at radius 2 is 2.09 bits per heavy atom. The van der Waals surface area contributed by atoms with Crippen molar-refractivity contribution in [2.45, 2.75) is 26.7 Å². The summed E-state index contributed by atoms with van der Waals surface area (Å²) in [5.41, 5.74) is 0.895. The lowest BCUT2D eigenvalue weighted by molar-refractivity contribution is -0.105. The Morgan fingerprint density at radius 3 is 2.45 bits per heavy atom. The maximum absolute atomic E-state index is 10.4. The van der Waals surface area contributed by atoms with Gasteiger partial charge in [0.25, 0.3) is 0 Å². The van der Waals surface area contributed by atoms with Crippen LogP contribution in [0.25, 0.3) is 0 Å². The molecule has 0 heterocycles. The SMILES string of the molecule is C=CCCC=C(C=O)C(C)C. The van der Waals surface area contributed by atoms with Crippen LogP contribution < -0.4 is 0 Å². The van der Waals surface area contributed by atoms with E-state index in [9.17, 15) is 4.79 Å². The van der Waals surface area contributed by atoms with Crippen molar-refractivity contribution in [3.8, 4) is 0 Å². The predicted octanol–water partition coefficient (Wildman–Crippen LogP) is 2.73. The molecule has 0 saturated heterocycles. The first kappa shape index (κ1) is 10.2. The molecule has 0 N–H and O–H groups in total. The molecule has 0 aromatic carbocycles. The van der Waals surface area contributed by atoms with Crippen LogP contribution in [-0.4, -0.2) is 6.29 Å². The first-order chi connectivity index (χ1) is 5.22. The molecule has 11 heavy (non-hydrogen) atoms. The number of carbonyl (C=O) groups excluding carboxylic acids is 1. The highest BCUT2D eigenvalue weighted by Gasteiger charge is 1.98. The molecule has 0 bridgehead atoms. The normalized spacial score (nSPS) is 11.7. The summed E-state index contributed by atoms with van der Waals surface area (Å²) in [5.74, 6) is 0.345. The van der Waals surface area contributed by atoms with Gasteiger partial charge < -0.3 is 0 Å². The third kappa shape index (κ3) is 4.54. The predicted molar refractivity (Wildman–Crippen MR) is 48.4 cm³/mol. The lowest BCUT2D eigenvalue weighted by atomic mass is 10.0. The number of rotatable bonds is 5. The minimum atomic E-state index is 0.345. The van der Waals surface area contributed by atoms with Gasteiger partial charge in [-0.1, -0.05) is 26.0 Å². The van der Waals surface area contributed by atoms with Crippen LogP contribution in [-0.2, 0) is 4.79 Å². The van der Waals surface area contributed by atoms with Crippen molar-refractivity contribution < 1.29 is 4.79 Å². The number of unbranched alkanes of at least 4 members (excludes halogenated alkanes) is 1. The second-order valence-electron chi connectivity index (χ2n) is 2.84. The number of aldehydes is 1. The maximum Gasteiger partial charge on any atom is 0.145 e. The Hall–Kier alpha value is -0.850. The van der Waals surface area contributed by atoms with Crippen molar-refractivity contribution in [2.75, 3.05) is 0 Å². The topological polar surface area (TPSA) is 17.1 Å². The summed E-state index contributed by atoms with van der Waals surface area (Å²) in [6.45, 7) is 7.65. The zero-order chi connectivity index (χ0) is 8.69. The van der Waals surface area contributed by atoms with Crippen LogP contribution in [0.4, 0.5) is 0 Å². The highest BCUT2D eigenvalue weighted by Crippen LogP contribution is 2.07. The zero-order valence-electron chi connectivity index (χ0n) is 7.34. The summed E-state index contributed by atoms with van der Waals surface area (Å²) in [7, 11) is 0. The molecular formula is C10H16O. The fourth-order valence-corrected chi connectivity index (χ4v) is 0.788. The number of hydrogen-bond acceptors (Lipinski definition) is 1. The molecule has 0 atom stereocenters. The Balaban J connectivity index is 3.90. The van der Waals surface area contributed by atoms with E-state index in [0.29, 0.717) is 5.92 Å². The second-order valence-corrected chi connectivity index (χ2v) is 2.84. The molecule has 0 aromatic rings. The van der Waals surface area contributed by atoms with Gasteiger partial charge in [0.1, 0.15) is 6.29 Å². The van der Waals surface area contributed by atoms with Gasteiger partial charge in [0.05, 0.1) is 0 Å². The first-order valence-electron chi connectivity index (χ1n) is 3.98. The van der Waals surface area contributed by atoms with Crippen molar-refractivity contribution in [3.63, 3.8) is 0 Å². The Kier molecular flexibility index (Phi) is 5.44. The van der Waals surface area contributed by atoms with E-state index in [4.69, 9.17) is 0 Å². The van der Waals surface area contributed by atoms with Crippen LogP contribution in [0, 0.1) is 5.92 Å². The van der Waals surface area contributed by atoms with Gasteiger partial charge in [0, 0.05) is 0 Å². The van der Waals surface area contributed by atoms with Crippen molar-refractivity contribution in [2.24, 2.45) is 5.92 Å². The first-order valence-corrected chi connectivity index (χ1v) is 3.98. The van der Waals surface area contributed by atoms with E-state index in [0.717, 1.165) is 24.7 Å². The van der Waals surface area contributed by atoms with E-state index < -0.39 is 0 Å². The van der Waals surface area contributed by atoms with Crippen LogP contribution in [0.2, 0.25) is 0 Å². The average molecular weight is 152 g/mol. The molecule has 1 nitrogen and oxygen atoms in total. The molecule has 1 heteroatoms. The van der Waals surface area contributed by atoms with Crippen LogP contribution in [0.3, 0.4) is 0 Å². The monoisotopic (exact) mass is 152 g/mol. The second kappa shape index (κ2) is 5.90. The van der Waals surface area contributed by atoms with Gasteiger partial charge in [0.2, 0.25) is 0 Å². The summed E-state index contributed by atoms with van der Waals surface area (Å²) >= 11 is 0. The molecule has 0 saturated carbocycles. The molecule has 0 aliphatic rings. The van der Waals surface area contributed by atoms with Gasteiger partial charge in [-0.25, -0.2) is 0 Å². The Bertz CT molecular complexity index is 154. The summed E-state index contributed by atoms with van der Waals surface area (Å²) < 4.78 is 0. The van der Waals surface area contributed by atoms with Gasteiger partial charge >= 0.3 is 0 Å². The van der Waals surface area contributed by atoms with E-state index in [1.807, 2.05) is 26.0 Å². The van der Waals surface area contributed by atoms with E-state index >= 15 is 0 Å². The van der Waals surface area contributed by atoms with E-state index in [-0.39, 0.29) is 0 Å². The minimum Gasteiger partial charge on any atom is -0.298 e. The van der Waals surface area contributed by atoms with Gasteiger partial charge in [-0.15, -0.1) is 6.58 Å². The number of hydrogen-bond donors (Lipinski definition) is 0. The third-order valence-electron chi connectivity index (χ3n) is 1.55. The largest absolute Gasteiger partial charge is 0.298 e. The molecular weight excluding hydrogens is 136 g/mol. The van der Waals surface area contributed by atoms with E-state index in [2.05, 4.69) is 6.58 Å². The van der Waals surface area contributed by atoms with Crippen molar-refractivity contribution in [1.29, 1.82) is 0 Å². The summed E-state index contributed by atoms with van der Waals surface area (Å²) in [6, 6.07) is 0. The van der Waals surface area contributed by atoms with Crippen molar-refractivity contribution in [3.05, 3.63) is 24.3 Å². The molecule has 0 amide bonds. The molecule has 62 valence electrons. The smallest absolute Gasteiger partial charge is 0.145 e. The summed E-state index contributed by atoms with van der Waals surface area (Å²) in [4.78, 5) is 10.4. The highest BCUT2D eigenvalue weighted by molar-refractivity contribution is 5.73. The van der Waals surface area contributed by atoms with Crippen molar-refractivity contribution >= 4 is 6.29 Å². The van der Waals surface area contributed by atoms with Crippen LogP contribution >= 0.6 is 0 Å². The molecule has 0 fully saturated rings. The van der Waals surface area contributed by atoms with E-state index in [1.165, 1.54) is 0 Å². The molecule has 0 aliphatic heterocycles. The highest BCUT2D eigenvalue weighted by atomic mass is 16.1. The Morgan fingerprint density at radius 1 is 1.45 bits per heavy atom. The lowest BCUT2D eigenvalue weighted by Crippen LogP contribution is -1.94. The van der Waals surface area contributed by atoms with Crippen LogP contribution in [0.1, 0.15) is 26.7 Å². The fourth-order valence-electron chi connectivity index (χ4n) is 0.788. The van der Waals surface area contributed by atoms with Gasteiger partial charge in [-0.05, 0) is 24.3 Å². The molecule has 0 aliphatic carbocycles. The molecule has 0 aromatic heterocycles. The van der Waals surface area contributed by atoms with Gasteiger partial charge in [0.15, 0.2) is 0 Å². The van der Waals surface area contributed by atoms with E-state index in [1.54, 1.807) is 0 Å². The Labute approximate surface area is 68.8 Å². The third-order valence-corrected chi connectivity index (χ3v) is 1.55. The van der Waals surface area contributed by atoms with Crippen LogP contribution in [0.5, 0.6) is 0 Å². The number of allylic oxidation sites excluding steroid dienone is 3. The van der Waals surface area contributed by atoms with Crippen LogP contribution in [0.15, 0.2) is 24.3 Å². The molecule has 0 unspecified atom stereocenters. The average Bonchev–Trinajstić information content (AvgIpc) is 1.97. The fraction of sp³-hybridized carbons (Fsp3) is 0.500. The maximum atomic E-state index is 10.4. The molecule has 0 radical (unpaired) electrons. The van der Waals surface area contributed by atoms with Gasteiger partial charge in [-0.3, -0.25) is 4.79 Å². The lowest BCUT2D eigenvalue weighted by Gasteiger charge is -2.01. The molecule has 0 spiro atoms. The number of carbonyl (C=O) groups is 1. The molecule has 0 rings (SSSR count). The zero-order valence-corrected chi connectivity index (χ0v) is 7.34. The summed E-state index contributed by atoms with van der Waals surface area (Å²) in [6.07, 6.45) is 6.66. The van der Waals surface area contributed by atoms with Crippen molar-refractivity contribution in [1.82, 2.24) is 0 Å². The van der Waals surface area contributed by atoms with Gasteiger partial charge in [-0.2, -0.15) is 0 Å². The minimum absolute atomic E-state index is 0.345. The summed E-state index contributed by atoms with van der Waals surface area (Å²) in [5, 5.41) is 0. The standard InChI is InChI=1S/C10H16O/c1-4-5-6-7-10(8-11)9(2)3/h4,7-9H,1,5-6H2,2-3H3. The quantitative estimate of drug-likeness (QED) is 0.256.